The lowest BCUT2D eigenvalue weighted by molar-refractivity contribution is -0.113. The van der Waals surface area contributed by atoms with Gasteiger partial charge in [0, 0.05) is 23.8 Å². The number of halogens is 2. The summed E-state index contributed by atoms with van der Waals surface area (Å²) in [7, 11) is 0. The van der Waals surface area contributed by atoms with E-state index in [2.05, 4.69) is 16.0 Å². The molecule has 0 unspecified atom stereocenters. The van der Waals surface area contributed by atoms with Crippen LogP contribution in [0.2, 0.25) is 0 Å². The van der Waals surface area contributed by atoms with Crippen molar-refractivity contribution in [3.63, 3.8) is 0 Å². The van der Waals surface area contributed by atoms with Crippen molar-refractivity contribution in [1.29, 1.82) is 0 Å². The zero-order valence-electron chi connectivity index (χ0n) is 9.50. The lowest BCUT2D eigenvalue weighted by atomic mass is 10.3. The normalized spacial score (nSPS) is 9.67. The van der Waals surface area contributed by atoms with Gasteiger partial charge in [-0.05, 0) is 18.2 Å². The highest BCUT2D eigenvalue weighted by molar-refractivity contribution is 14.1. The second kappa shape index (κ2) is 8.15. The lowest BCUT2D eigenvalue weighted by Crippen LogP contribution is -2.30. The second-order valence-corrected chi connectivity index (χ2v) is 4.47. The Hall–Kier alpha value is -1.02. The molecule has 0 radical (unpaired) electrons. The van der Waals surface area contributed by atoms with Gasteiger partial charge in [0.05, 0.1) is 4.43 Å². The first kappa shape index (κ1) is 15.0. The van der Waals surface area contributed by atoms with Crippen molar-refractivity contribution in [2.75, 3.05) is 27.5 Å². The van der Waals surface area contributed by atoms with Crippen LogP contribution in [0.4, 0.5) is 16.2 Å². The van der Waals surface area contributed by atoms with Gasteiger partial charge in [-0.3, -0.25) is 4.79 Å². The van der Waals surface area contributed by atoms with Gasteiger partial charge < -0.3 is 16.0 Å². The molecule has 7 heteroatoms. The fourth-order valence-corrected chi connectivity index (χ4v) is 1.49. The van der Waals surface area contributed by atoms with E-state index in [9.17, 15) is 9.59 Å². The Bertz CT molecular complexity index is 429. The largest absolute Gasteiger partial charge is 0.337 e. The number of hydrogen-bond acceptors (Lipinski definition) is 2. The number of amides is 3. The molecule has 0 spiro atoms. The lowest BCUT2D eigenvalue weighted by Gasteiger charge is -2.08. The van der Waals surface area contributed by atoms with Crippen LogP contribution in [-0.4, -0.2) is 28.8 Å². The van der Waals surface area contributed by atoms with Gasteiger partial charge in [0.25, 0.3) is 0 Å². The quantitative estimate of drug-likeness (QED) is 0.541. The minimum atomic E-state index is -0.326. The first-order valence-corrected chi connectivity index (χ1v) is 7.28. The van der Waals surface area contributed by atoms with Crippen molar-refractivity contribution in [3.8, 4) is 0 Å². The maximum atomic E-state index is 11.4. The molecule has 0 heterocycles. The molecule has 0 aliphatic rings. The number of alkyl halides is 2. The summed E-state index contributed by atoms with van der Waals surface area (Å²) >= 11 is 7.44. The van der Waals surface area contributed by atoms with E-state index in [1.807, 2.05) is 22.6 Å². The molecule has 0 saturated carbocycles. The number of carbonyl (C=O) groups is 2. The predicted octanol–water partition coefficient (Wildman–Crippen LogP) is 2.42. The molecule has 18 heavy (non-hydrogen) atoms. The summed E-state index contributed by atoms with van der Waals surface area (Å²) in [4.78, 5) is 22.6. The number of hydrogen-bond donors (Lipinski definition) is 3. The average Bonchev–Trinajstić information content (AvgIpc) is 2.36. The highest BCUT2D eigenvalue weighted by Gasteiger charge is 2.03. The van der Waals surface area contributed by atoms with Gasteiger partial charge in [0.15, 0.2) is 0 Å². The molecule has 0 saturated heterocycles. The molecule has 98 valence electrons. The molecule has 0 aliphatic carbocycles. The van der Waals surface area contributed by atoms with Gasteiger partial charge in [-0.25, -0.2) is 4.79 Å². The fraction of sp³-hybridized carbons (Fsp3) is 0.273. The van der Waals surface area contributed by atoms with Gasteiger partial charge in [0.2, 0.25) is 5.91 Å². The summed E-state index contributed by atoms with van der Waals surface area (Å²) in [6.45, 7) is 0.401. The van der Waals surface area contributed by atoms with Gasteiger partial charge in [0.1, 0.15) is 0 Å². The highest BCUT2D eigenvalue weighted by Crippen LogP contribution is 2.15. The van der Waals surface area contributed by atoms with Crippen molar-refractivity contribution < 1.29 is 9.59 Å². The van der Waals surface area contributed by atoms with E-state index in [0.717, 1.165) is 0 Å². The van der Waals surface area contributed by atoms with E-state index in [-0.39, 0.29) is 11.9 Å². The molecule has 0 aliphatic heterocycles. The zero-order chi connectivity index (χ0) is 13.4. The van der Waals surface area contributed by atoms with Gasteiger partial charge in [-0.2, -0.15) is 0 Å². The first-order chi connectivity index (χ1) is 8.65. The molecule has 1 aromatic rings. The molecule has 3 amide bonds. The number of carbonyl (C=O) groups excluding carboxylic acids is 2. The Morgan fingerprint density at radius 2 is 1.89 bits per heavy atom. The van der Waals surface area contributed by atoms with Crippen molar-refractivity contribution in [3.05, 3.63) is 24.3 Å². The topological polar surface area (TPSA) is 70.2 Å². The van der Waals surface area contributed by atoms with E-state index in [4.69, 9.17) is 11.6 Å². The number of nitrogens with one attached hydrogen (secondary N) is 3. The smallest absolute Gasteiger partial charge is 0.319 e. The first-order valence-electron chi connectivity index (χ1n) is 5.22. The van der Waals surface area contributed by atoms with Crippen LogP contribution in [0.1, 0.15) is 0 Å². The molecule has 3 N–H and O–H groups in total. The summed E-state index contributed by atoms with van der Waals surface area (Å²) in [5.41, 5.74) is 1.25. The van der Waals surface area contributed by atoms with Crippen LogP contribution in [0.15, 0.2) is 24.3 Å². The number of benzene rings is 1. The summed E-state index contributed by atoms with van der Waals surface area (Å²) in [6, 6.07) is 6.60. The van der Waals surface area contributed by atoms with Crippen LogP contribution in [0.5, 0.6) is 0 Å². The van der Waals surface area contributed by atoms with Crippen LogP contribution in [-0.2, 0) is 4.79 Å². The molecule has 0 fully saturated rings. The van der Waals surface area contributed by atoms with Crippen molar-refractivity contribution >= 4 is 57.5 Å². The van der Waals surface area contributed by atoms with E-state index in [1.165, 1.54) is 0 Å². The fourth-order valence-electron chi connectivity index (χ4n) is 1.21. The van der Waals surface area contributed by atoms with Crippen LogP contribution in [0.3, 0.4) is 0 Å². The van der Waals surface area contributed by atoms with Crippen molar-refractivity contribution in [2.24, 2.45) is 0 Å². The SMILES string of the molecule is O=C(CI)Nc1cccc(NC(=O)NCCCl)c1. The average molecular weight is 382 g/mol. The van der Waals surface area contributed by atoms with E-state index < -0.39 is 0 Å². The van der Waals surface area contributed by atoms with Crippen molar-refractivity contribution in [2.45, 2.75) is 0 Å². The third-order valence-corrected chi connectivity index (χ3v) is 2.79. The molecular weight excluding hydrogens is 368 g/mol. The van der Waals surface area contributed by atoms with E-state index >= 15 is 0 Å². The van der Waals surface area contributed by atoms with Gasteiger partial charge >= 0.3 is 6.03 Å². The molecular formula is C11H13ClIN3O2. The van der Waals surface area contributed by atoms with Crippen LogP contribution >= 0.6 is 34.2 Å². The van der Waals surface area contributed by atoms with Gasteiger partial charge in [-0.15, -0.1) is 11.6 Å². The van der Waals surface area contributed by atoms with E-state index in [0.29, 0.717) is 28.2 Å². The van der Waals surface area contributed by atoms with Crippen molar-refractivity contribution in [1.82, 2.24) is 5.32 Å². The van der Waals surface area contributed by atoms with Crippen LogP contribution in [0, 0.1) is 0 Å². The minimum Gasteiger partial charge on any atom is -0.337 e. The maximum absolute atomic E-state index is 11.4. The number of anilines is 2. The molecule has 0 aromatic heterocycles. The maximum Gasteiger partial charge on any atom is 0.319 e. The van der Waals surface area contributed by atoms with Gasteiger partial charge in [-0.1, -0.05) is 28.7 Å². The number of urea groups is 1. The Balaban J connectivity index is 2.59. The summed E-state index contributed by atoms with van der Waals surface area (Å²) in [6.07, 6.45) is 0. The van der Waals surface area contributed by atoms with Crippen LogP contribution in [0.25, 0.3) is 0 Å². The summed E-state index contributed by atoms with van der Waals surface area (Å²) < 4.78 is 0.381. The Morgan fingerprint density at radius 3 is 2.50 bits per heavy atom. The van der Waals surface area contributed by atoms with E-state index in [1.54, 1.807) is 24.3 Å². The Morgan fingerprint density at radius 1 is 1.22 bits per heavy atom. The third-order valence-electron chi connectivity index (χ3n) is 1.91. The molecule has 5 nitrogen and oxygen atoms in total. The molecule has 1 aromatic carbocycles. The summed E-state index contributed by atoms with van der Waals surface area (Å²) in [5.74, 6) is 0.276. The highest BCUT2D eigenvalue weighted by atomic mass is 127. The third kappa shape index (κ3) is 5.54. The Kier molecular flexibility index (Phi) is 6.81. The molecule has 0 atom stereocenters. The zero-order valence-corrected chi connectivity index (χ0v) is 12.4. The standard InChI is InChI=1S/C11H13ClIN3O2/c12-4-5-14-11(18)16-9-3-1-2-8(6-9)15-10(17)7-13/h1-3,6H,4-5,7H2,(H,15,17)(H2,14,16,18). The van der Waals surface area contributed by atoms with Crippen LogP contribution < -0.4 is 16.0 Å². The summed E-state index contributed by atoms with van der Waals surface area (Å²) in [5, 5.41) is 7.94. The molecule has 0 bridgehead atoms. The predicted molar refractivity (Wildman–Crippen MR) is 81.7 cm³/mol. The number of rotatable bonds is 5. The monoisotopic (exact) mass is 381 g/mol. The Labute approximate surface area is 124 Å². The minimum absolute atomic E-state index is 0.0839. The second-order valence-electron chi connectivity index (χ2n) is 3.33. The molecule has 1 rings (SSSR count).